The first-order chi connectivity index (χ1) is 15.3. The molecule has 4 rings (SSSR count). The maximum Gasteiger partial charge on any atom is 0.255 e. The molecule has 8 nitrogen and oxygen atoms in total. The monoisotopic (exact) mass is 441 g/mol. The van der Waals surface area contributed by atoms with Crippen LogP contribution >= 0.6 is 0 Å². The van der Waals surface area contributed by atoms with Gasteiger partial charge in [-0.15, -0.1) is 0 Å². The molecule has 4 heterocycles. The molecule has 1 saturated heterocycles. The Balaban J connectivity index is 1.68. The second-order valence-corrected chi connectivity index (χ2v) is 8.59. The van der Waals surface area contributed by atoms with Crippen molar-refractivity contribution >= 4 is 17.1 Å². The maximum absolute atomic E-state index is 14.2. The van der Waals surface area contributed by atoms with Gasteiger partial charge >= 0.3 is 0 Å². The summed E-state index contributed by atoms with van der Waals surface area (Å²) in [6.45, 7) is 3.75. The lowest BCUT2D eigenvalue weighted by molar-refractivity contribution is -0.00177. The van der Waals surface area contributed by atoms with Crippen molar-refractivity contribution in [2.24, 2.45) is 0 Å². The van der Waals surface area contributed by atoms with Crippen molar-refractivity contribution in [3.63, 3.8) is 0 Å². The van der Waals surface area contributed by atoms with Gasteiger partial charge in [0.15, 0.2) is 0 Å². The minimum atomic E-state index is -1.60. The Labute approximate surface area is 185 Å². The molecule has 0 aliphatic carbocycles. The van der Waals surface area contributed by atoms with Crippen LogP contribution in [0, 0.1) is 0 Å². The molecule has 3 aromatic heterocycles. The third kappa shape index (κ3) is 4.89. The molecular weight excluding hydrogens is 413 g/mol. The number of alkyl halides is 1. The number of hydrogen-bond acceptors (Lipinski definition) is 6. The molecule has 3 aromatic rings. The fraction of sp³-hybridized carbons (Fsp3) is 0.435. The summed E-state index contributed by atoms with van der Waals surface area (Å²) in [5.41, 5.74) is 2.10. The summed E-state index contributed by atoms with van der Waals surface area (Å²) >= 11 is 0. The average molecular weight is 442 g/mol. The molecule has 32 heavy (non-hydrogen) atoms. The predicted molar refractivity (Wildman–Crippen MR) is 119 cm³/mol. The molecule has 0 spiro atoms. The number of aromatic nitrogens is 3. The van der Waals surface area contributed by atoms with E-state index >= 15 is 0 Å². The van der Waals surface area contributed by atoms with Gasteiger partial charge in [0, 0.05) is 43.4 Å². The van der Waals surface area contributed by atoms with E-state index in [1.165, 1.54) is 20.0 Å². The van der Waals surface area contributed by atoms with E-state index in [2.05, 4.69) is 20.7 Å². The van der Waals surface area contributed by atoms with Crippen LogP contribution in [0.5, 0.6) is 0 Å². The minimum absolute atomic E-state index is 0.145. The number of carbonyl (C=O) groups is 1. The van der Waals surface area contributed by atoms with Crippen LogP contribution in [0.2, 0.25) is 0 Å². The van der Waals surface area contributed by atoms with Gasteiger partial charge in [-0.1, -0.05) is 0 Å². The van der Waals surface area contributed by atoms with E-state index in [4.69, 9.17) is 4.74 Å². The molecule has 3 N–H and O–H groups in total. The molecule has 1 unspecified atom stereocenters. The molecule has 1 aliphatic rings. The van der Waals surface area contributed by atoms with E-state index in [1.807, 2.05) is 24.4 Å². The minimum Gasteiger partial charge on any atom is -0.387 e. The fourth-order valence-electron chi connectivity index (χ4n) is 3.66. The summed E-state index contributed by atoms with van der Waals surface area (Å²) in [7, 11) is 0. The second-order valence-electron chi connectivity index (χ2n) is 8.59. The normalized spacial score (nSPS) is 16.1. The molecule has 1 aliphatic heterocycles. The Kier molecular flexibility index (Phi) is 6.38. The highest BCUT2D eigenvalue weighted by molar-refractivity contribution is 6.03. The van der Waals surface area contributed by atoms with Crippen molar-refractivity contribution < 1.29 is 19.0 Å². The van der Waals surface area contributed by atoms with Gasteiger partial charge in [-0.3, -0.25) is 9.78 Å². The van der Waals surface area contributed by atoms with Crippen LogP contribution in [0.15, 0.2) is 43.0 Å². The molecular formula is C23H28FN5O3. The van der Waals surface area contributed by atoms with Gasteiger partial charge in [0.2, 0.25) is 0 Å². The van der Waals surface area contributed by atoms with Crippen LogP contribution in [0.4, 0.5) is 10.1 Å². The van der Waals surface area contributed by atoms with Gasteiger partial charge in [0.05, 0.1) is 35.1 Å². The predicted octanol–water partition coefficient (Wildman–Crippen LogP) is 2.83. The first kappa shape index (κ1) is 22.2. The topological polar surface area (TPSA) is 101 Å². The third-order valence-corrected chi connectivity index (χ3v) is 5.67. The standard InChI is InChI=1S/C23H28FN5O3/c1-23(2,31)20(24)13-26-22(30)18-12-27-29-14-16(15-3-7-25-8-4-15)11-19(29)21(18)28-17-5-9-32-10-6-17/h3-4,7-8,11-12,14,17,20,28,31H,5-6,9-10,13H2,1-2H3,(H,26,30). The zero-order chi connectivity index (χ0) is 22.7. The van der Waals surface area contributed by atoms with E-state index in [1.54, 1.807) is 16.9 Å². The second kappa shape index (κ2) is 9.22. The number of pyridine rings is 1. The number of anilines is 1. The van der Waals surface area contributed by atoms with Crippen LogP contribution in [-0.2, 0) is 4.74 Å². The largest absolute Gasteiger partial charge is 0.387 e. The molecule has 0 radical (unpaired) electrons. The van der Waals surface area contributed by atoms with Crippen molar-refractivity contribution in [3.8, 4) is 11.1 Å². The lowest BCUT2D eigenvalue weighted by atomic mass is 10.0. The van der Waals surface area contributed by atoms with Gasteiger partial charge in [-0.2, -0.15) is 5.10 Å². The first-order valence-corrected chi connectivity index (χ1v) is 10.7. The van der Waals surface area contributed by atoms with E-state index in [0.29, 0.717) is 24.5 Å². The Hall–Kier alpha value is -3.04. The van der Waals surface area contributed by atoms with Gasteiger partial charge in [-0.25, -0.2) is 8.91 Å². The number of hydrogen-bond donors (Lipinski definition) is 3. The van der Waals surface area contributed by atoms with Gasteiger partial charge in [-0.05, 0) is 50.5 Å². The Bertz CT molecular complexity index is 1070. The van der Waals surface area contributed by atoms with Crippen LogP contribution in [-0.4, -0.2) is 63.2 Å². The zero-order valence-corrected chi connectivity index (χ0v) is 18.2. The number of carbonyl (C=O) groups excluding carboxylic acids is 1. The summed E-state index contributed by atoms with van der Waals surface area (Å²) in [5, 5.41) is 20.3. The molecule has 170 valence electrons. The van der Waals surface area contributed by atoms with Crippen LogP contribution in [0.3, 0.4) is 0 Å². The van der Waals surface area contributed by atoms with E-state index in [-0.39, 0.29) is 12.6 Å². The van der Waals surface area contributed by atoms with Crippen molar-refractivity contribution in [1.82, 2.24) is 19.9 Å². The summed E-state index contributed by atoms with van der Waals surface area (Å²) in [6.07, 6.45) is 6.87. The Morgan fingerprint density at radius 3 is 2.72 bits per heavy atom. The number of halogens is 1. The lowest BCUT2D eigenvalue weighted by Crippen LogP contribution is -2.42. The summed E-state index contributed by atoms with van der Waals surface area (Å²) in [4.78, 5) is 17.0. The molecule has 1 atom stereocenters. The molecule has 9 heteroatoms. The highest BCUT2D eigenvalue weighted by Gasteiger charge is 2.28. The van der Waals surface area contributed by atoms with Crippen LogP contribution in [0.25, 0.3) is 16.6 Å². The lowest BCUT2D eigenvalue weighted by Gasteiger charge is -2.26. The number of aliphatic hydroxyl groups is 1. The number of ether oxygens (including phenoxy) is 1. The quantitative estimate of drug-likeness (QED) is 0.521. The maximum atomic E-state index is 14.2. The van der Waals surface area contributed by atoms with Crippen LogP contribution < -0.4 is 10.6 Å². The third-order valence-electron chi connectivity index (χ3n) is 5.67. The zero-order valence-electron chi connectivity index (χ0n) is 18.2. The van der Waals surface area contributed by atoms with Gasteiger partial charge in [0.1, 0.15) is 6.17 Å². The van der Waals surface area contributed by atoms with Gasteiger partial charge in [0.25, 0.3) is 5.91 Å². The molecule has 1 amide bonds. The number of nitrogens with one attached hydrogen (secondary N) is 2. The van der Waals surface area contributed by atoms with E-state index in [9.17, 15) is 14.3 Å². The highest BCUT2D eigenvalue weighted by atomic mass is 19.1. The molecule has 0 bridgehead atoms. The molecule has 0 aromatic carbocycles. The summed E-state index contributed by atoms with van der Waals surface area (Å²) in [5.74, 6) is -0.451. The highest BCUT2D eigenvalue weighted by Crippen LogP contribution is 2.30. The summed E-state index contributed by atoms with van der Waals surface area (Å²) in [6, 6.07) is 5.93. The molecule has 1 fully saturated rings. The number of amides is 1. The fourth-order valence-corrected chi connectivity index (χ4v) is 3.66. The van der Waals surface area contributed by atoms with E-state index in [0.717, 1.165) is 29.5 Å². The smallest absolute Gasteiger partial charge is 0.255 e. The number of fused-ring (bicyclic) bond motifs is 1. The van der Waals surface area contributed by atoms with Crippen molar-refractivity contribution in [1.29, 1.82) is 0 Å². The SMILES string of the molecule is CC(C)(O)C(F)CNC(=O)c1cnn2cc(-c3ccncc3)cc2c1NC1CCOCC1. The Morgan fingerprint density at radius 2 is 2.03 bits per heavy atom. The summed E-state index contributed by atoms with van der Waals surface area (Å²) < 4.78 is 21.4. The van der Waals surface area contributed by atoms with Crippen LogP contribution in [0.1, 0.15) is 37.0 Å². The van der Waals surface area contributed by atoms with Crippen molar-refractivity contribution in [3.05, 3.63) is 48.5 Å². The van der Waals surface area contributed by atoms with Crippen molar-refractivity contribution in [2.45, 2.75) is 44.5 Å². The van der Waals surface area contributed by atoms with Gasteiger partial charge < -0.3 is 20.5 Å². The number of nitrogens with zero attached hydrogens (tertiary/aromatic N) is 3. The van der Waals surface area contributed by atoms with Crippen molar-refractivity contribution in [2.75, 3.05) is 25.1 Å². The Morgan fingerprint density at radius 1 is 1.31 bits per heavy atom. The van der Waals surface area contributed by atoms with E-state index < -0.39 is 17.7 Å². The first-order valence-electron chi connectivity index (χ1n) is 10.7. The number of rotatable bonds is 7. The molecule has 0 saturated carbocycles. The average Bonchev–Trinajstić information content (AvgIpc) is 3.23.